The Kier molecular flexibility index (Phi) is 4.57. The predicted molar refractivity (Wildman–Crippen MR) is 83.3 cm³/mol. The highest BCUT2D eigenvalue weighted by Crippen LogP contribution is 2.27. The Hall–Kier alpha value is -2.81. The number of nitrogens with zero attached hydrogens (tertiary/aromatic N) is 2. The number of rotatable bonds is 4. The molecule has 2 aromatic rings. The van der Waals surface area contributed by atoms with Crippen LogP contribution in [0, 0.1) is 17.8 Å². The van der Waals surface area contributed by atoms with E-state index >= 15 is 0 Å². The number of carbonyl (C=O) groups is 1. The van der Waals surface area contributed by atoms with Crippen LogP contribution in [0.25, 0.3) is 0 Å². The fourth-order valence-corrected chi connectivity index (χ4v) is 2.70. The van der Waals surface area contributed by atoms with E-state index in [0.717, 1.165) is 17.9 Å². The lowest BCUT2D eigenvalue weighted by Crippen LogP contribution is -1.99. The van der Waals surface area contributed by atoms with Crippen molar-refractivity contribution in [1.82, 2.24) is 15.4 Å². The molecular formula is C17H17N3O3. The van der Waals surface area contributed by atoms with Gasteiger partial charge in [0.2, 0.25) is 5.69 Å². The van der Waals surface area contributed by atoms with E-state index < -0.39 is 5.97 Å². The number of aromatic amines is 1. The smallest absolute Gasteiger partial charge is 0.362 e. The van der Waals surface area contributed by atoms with Crippen molar-refractivity contribution in [3.8, 4) is 23.5 Å². The summed E-state index contributed by atoms with van der Waals surface area (Å²) in [4.78, 5) is 11.0. The second-order valence-electron chi connectivity index (χ2n) is 5.58. The summed E-state index contributed by atoms with van der Waals surface area (Å²) >= 11 is 0. The summed E-state index contributed by atoms with van der Waals surface area (Å²) in [6.07, 6.45) is 6.13. The summed E-state index contributed by atoms with van der Waals surface area (Å²) in [7, 11) is 0. The van der Waals surface area contributed by atoms with E-state index in [9.17, 15) is 4.79 Å². The molecule has 23 heavy (non-hydrogen) atoms. The van der Waals surface area contributed by atoms with Crippen molar-refractivity contribution in [1.29, 1.82) is 0 Å². The van der Waals surface area contributed by atoms with Crippen molar-refractivity contribution in [3.63, 3.8) is 0 Å². The number of H-pyrrole nitrogens is 1. The molecule has 0 unspecified atom stereocenters. The zero-order valence-electron chi connectivity index (χ0n) is 12.6. The molecule has 0 aliphatic heterocycles. The van der Waals surface area contributed by atoms with Crippen LogP contribution in [0.3, 0.4) is 0 Å². The molecule has 0 radical (unpaired) electrons. The summed E-state index contributed by atoms with van der Waals surface area (Å²) in [5.74, 6) is 6.41. The number of aromatic nitrogens is 3. The highest BCUT2D eigenvalue weighted by atomic mass is 16.5. The van der Waals surface area contributed by atoms with E-state index in [4.69, 9.17) is 9.84 Å². The first-order chi connectivity index (χ1) is 11.2. The standard InChI is InChI=1S/C17H17N3O3/c21-17(22)15-16(19-20-18-15)23-14-10-4-9-13(11-14)8-3-7-12-5-1-2-6-12/h4,9-12H,1-2,5-7H2,(H,21,22)(H,18,19,20). The van der Waals surface area contributed by atoms with Crippen LogP contribution < -0.4 is 4.74 Å². The first-order valence-electron chi connectivity index (χ1n) is 7.63. The van der Waals surface area contributed by atoms with Gasteiger partial charge in [-0.1, -0.05) is 36.0 Å². The van der Waals surface area contributed by atoms with Crippen LogP contribution in [0.1, 0.15) is 48.2 Å². The van der Waals surface area contributed by atoms with Gasteiger partial charge in [0.25, 0.3) is 5.88 Å². The van der Waals surface area contributed by atoms with Gasteiger partial charge in [-0.15, -0.1) is 5.10 Å². The van der Waals surface area contributed by atoms with Gasteiger partial charge in [-0.25, -0.2) is 9.89 Å². The van der Waals surface area contributed by atoms with Crippen molar-refractivity contribution in [2.75, 3.05) is 0 Å². The van der Waals surface area contributed by atoms with Gasteiger partial charge in [-0.2, -0.15) is 0 Å². The minimum absolute atomic E-state index is 0.00793. The number of carboxylic acids is 1. The molecule has 1 aromatic heterocycles. The largest absolute Gasteiger partial charge is 0.476 e. The van der Waals surface area contributed by atoms with Crippen LogP contribution >= 0.6 is 0 Å². The highest BCUT2D eigenvalue weighted by molar-refractivity contribution is 5.87. The molecule has 6 nitrogen and oxygen atoms in total. The molecule has 0 spiro atoms. The van der Waals surface area contributed by atoms with Crippen LogP contribution in [0.4, 0.5) is 0 Å². The van der Waals surface area contributed by atoms with Gasteiger partial charge >= 0.3 is 5.97 Å². The number of nitrogens with one attached hydrogen (secondary N) is 1. The SMILES string of the molecule is O=C(O)c1nn[nH]c1Oc1cccc(C#CCC2CCCC2)c1. The molecule has 1 aromatic carbocycles. The zero-order chi connectivity index (χ0) is 16.1. The van der Waals surface area contributed by atoms with Crippen LogP contribution in [0.5, 0.6) is 11.6 Å². The number of hydrogen-bond donors (Lipinski definition) is 2. The van der Waals surface area contributed by atoms with Crippen molar-refractivity contribution >= 4 is 5.97 Å². The summed E-state index contributed by atoms with van der Waals surface area (Å²) in [6, 6.07) is 7.22. The van der Waals surface area contributed by atoms with E-state index in [1.54, 1.807) is 12.1 Å². The third kappa shape index (κ3) is 3.89. The molecule has 3 rings (SSSR count). The Labute approximate surface area is 133 Å². The Bertz CT molecular complexity index is 752. The fraction of sp³-hybridized carbons (Fsp3) is 0.353. The molecule has 6 heteroatoms. The molecule has 0 saturated heterocycles. The monoisotopic (exact) mass is 311 g/mol. The first-order valence-corrected chi connectivity index (χ1v) is 7.63. The molecular weight excluding hydrogens is 294 g/mol. The summed E-state index contributed by atoms with van der Waals surface area (Å²) in [5, 5.41) is 18.3. The number of aromatic carboxylic acids is 1. The molecule has 1 heterocycles. The molecule has 1 aliphatic rings. The van der Waals surface area contributed by atoms with Gasteiger partial charge in [-0.3, -0.25) is 0 Å². The van der Waals surface area contributed by atoms with Crippen molar-refractivity contribution in [2.45, 2.75) is 32.1 Å². The van der Waals surface area contributed by atoms with Crippen LogP contribution in [0.15, 0.2) is 24.3 Å². The van der Waals surface area contributed by atoms with Crippen LogP contribution in [0.2, 0.25) is 0 Å². The van der Waals surface area contributed by atoms with E-state index in [1.165, 1.54) is 25.7 Å². The molecule has 2 N–H and O–H groups in total. The molecule has 0 bridgehead atoms. The topological polar surface area (TPSA) is 88.1 Å². The summed E-state index contributed by atoms with van der Waals surface area (Å²) in [6.45, 7) is 0. The second kappa shape index (κ2) is 6.97. The minimum atomic E-state index is -1.19. The molecule has 1 fully saturated rings. The Morgan fingerprint density at radius 3 is 3.00 bits per heavy atom. The number of carboxylic acid groups (broad SMARTS) is 1. The first kappa shape index (κ1) is 15.1. The third-order valence-electron chi connectivity index (χ3n) is 3.87. The average molecular weight is 311 g/mol. The minimum Gasteiger partial charge on any atom is -0.476 e. The van der Waals surface area contributed by atoms with Crippen molar-refractivity contribution in [2.24, 2.45) is 5.92 Å². The van der Waals surface area contributed by atoms with Gasteiger partial charge in [-0.05, 0) is 37.0 Å². The number of ether oxygens (including phenoxy) is 1. The zero-order valence-corrected chi connectivity index (χ0v) is 12.6. The Morgan fingerprint density at radius 2 is 2.22 bits per heavy atom. The lowest BCUT2D eigenvalue weighted by molar-refractivity contribution is 0.0687. The van der Waals surface area contributed by atoms with Crippen LogP contribution in [-0.2, 0) is 0 Å². The molecule has 1 saturated carbocycles. The molecule has 0 amide bonds. The Balaban J connectivity index is 1.68. The van der Waals surface area contributed by atoms with Gasteiger partial charge in [0.1, 0.15) is 5.75 Å². The van der Waals surface area contributed by atoms with Gasteiger partial charge in [0.05, 0.1) is 0 Å². The maximum Gasteiger partial charge on any atom is 0.362 e. The quantitative estimate of drug-likeness (QED) is 0.846. The maximum atomic E-state index is 11.0. The van der Waals surface area contributed by atoms with E-state index in [2.05, 4.69) is 27.3 Å². The highest BCUT2D eigenvalue weighted by Gasteiger charge is 2.16. The van der Waals surface area contributed by atoms with Crippen molar-refractivity contribution in [3.05, 3.63) is 35.5 Å². The van der Waals surface area contributed by atoms with Gasteiger partial charge in [0.15, 0.2) is 0 Å². The lowest BCUT2D eigenvalue weighted by atomic mass is 10.0. The normalized spacial score (nSPS) is 14.3. The van der Waals surface area contributed by atoms with E-state index in [1.807, 2.05) is 12.1 Å². The Morgan fingerprint density at radius 1 is 1.39 bits per heavy atom. The lowest BCUT2D eigenvalue weighted by Gasteiger charge is -2.03. The average Bonchev–Trinajstić information content (AvgIpc) is 3.19. The van der Waals surface area contributed by atoms with E-state index in [0.29, 0.717) is 5.75 Å². The van der Waals surface area contributed by atoms with Crippen LogP contribution in [-0.4, -0.2) is 26.5 Å². The number of benzene rings is 1. The maximum absolute atomic E-state index is 11.0. The number of hydrogen-bond acceptors (Lipinski definition) is 4. The fourth-order valence-electron chi connectivity index (χ4n) is 2.70. The van der Waals surface area contributed by atoms with Crippen molar-refractivity contribution < 1.29 is 14.6 Å². The van der Waals surface area contributed by atoms with Gasteiger partial charge < -0.3 is 9.84 Å². The molecule has 1 aliphatic carbocycles. The third-order valence-corrected chi connectivity index (χ3v) is 3.87. The summed E-state index contributed by atoms with van der Waals surface area (Å²) in [5.41, 5.74) is 0.590. The second-order valence-corrected chi connectivity index (χ2v) is 5.58. The molecule has 0 atom stereocenters. The summed E-state index contributed by atoms with van der Waals surface area (Å²) < 4.78 is 5.50. The van der Waals surface area contributed by atoms with E-state index in [-0.39, 0.29) is 11.6 Å². The van der Waals surface area contributed by atoms with Gasteiger partial charge in [0, 0.05) is 12.0 Å². The predicted octanol–water partition coefficient (Wildman–Crippen LogP) is 3.23. The molecule has 118 valence electrons.